The van der Waals surface area contributed by atoms with E-state index in [2.05, 4.69) is 26.1 Å². The zero-order chi connectivity index (χ0) is 25.4. The number of nitriles is 1. The van der Waals surface area contributed by atoms with Gasteiger partial charge in [-0.2, -0.15) is 10.4 Å². The average Bonchev–Trinajstić information content (AvgIpc) is 3.51. The second kappa shape index (κ2) is 8.96. The van der Waals surface area contributed by atoms with Crippen LogP contribution in [-0.2, 0) is 12.0 Å². The molecule has 0 N–H and O–H groups in total. The molecular formula is C25H20F3N7O. The van der Waals surface area contributed by atoms with E-state index in [1.54, 1.807) is 47.1 Å². The summed E-state index contributed by atoms with van der Waals surface area (Å²) < 4.78 is 50.3. The van der Waals surface area contributed by atoms with Crippen LogP contribution in [0.5, 0.6) is 5.75 Å². The average molecular weight is 491 g/mol. The molecule has 36 heavy (non-hydrogen) atoms. The maximum atomic E-state index is 14.0. The number of hydrogen-bond acceptors (Lipinski definition) is 6. The van der Waals surface area contributed by atoms with E-state index in [9.17, 15) is 18.4 Å². The summed E-state index contributed by atoms with van der Waals surface area (Å²) in [5.41, 5.74) is 0.110. The van der Waals surface area contributed by atoms with Crippen molar-refractivity contribution in [1.29, 1.82) is 5.26 Å². The first-order valence-corrected chi connectivity index (χ1v) is 11.1. The fraction of sp³-hybridized carbons (Fsp3) is 0.240. The van der Waals surface area contributed by atoms with Gasteiger partial charge in [0, 0.05) is 18.9 Å². The number of fused-ring (bicyclic) bond motifs is 1. The highest BCUT2D eigenvalue weighted by atomic mass is 19.2. The monoisotopic (exact) mass is 491 g/mol. The first-order valence-electron chi connectivity index (χ1n) is 11.1. The van der Waals surface area contributed by atoms with Gasteiger partial charge in [-0.3, -0.25) is 4.57 Å². The molecule has 11 heteroatoms. The predicted octanol–water partition coefficient (Wildman–Crippen LogP) is 4.37. The van der Waals surface area contributed by atoms with Crippen molar-refractivity contribution < 1.29 is 17.9 Å². The van der Waals surface area contributed by atoms with Crippen molar-refractivity contribution in [2.24, 2.45) is 0 Å². The molecule has 1 aliphatic heterocycles. The molecule has 0 amide bonds. The molecule has 0 unspecified atom stereocenters. The zero-order valence-corrected chi connectivity index (χ0v) is 19.4. The van der Waals surface area contributed by atoms with E-state index < -0.39 is 22.9 Å². The Morgan fingerprint density at radius 2 is 1.92 bits per heavy atom. The van der Waals surface area contributed by atoms with E-state index in [4.69, 9.17) is 4.74 Å². The van der Waals surface area contributed by atoms with Gasteiger partial charge in [-0.15, -0.1) is 0 Å². The van der Waals surface area contributed by atoms with Crippen molar-refractivity contribution in [1.82, 2.24) is 29.3 Å². The smallest absolute Gasteiger partial charge is 0.194 e. The summed E-state index contributed by atoms with van der Waals surface area (Å²) in [6.07, 6.45) is 9.33. The van der Waals surface area contributed by atoms with Gasteiger partial charge in [0.1, 0.15) is 11.7 Å². The summed E-state index contributed by atoms with van der Waals surface area (Å²) in [6.45, 7) is 2.36. The highest BCUT2D eigenvalue weighted by Crippen LogP contribution is 2.39. The van der Waals surface area contributed by atoms with Crippen LogP contribution in [0.15, 0.2) is 36.9 Å². The van der Waals surface area contributed by atoms with Crippen LogP contribution < -0.4 is 4.74 Å². The van der Waals surface area contributed by atoms with Crippen LogP contribution >= 0.6 is 0 Å². The molecule has 0 spiro atoms. The van der Waals surface area contributed by atoms with Gasteiger partial charge in [0.15, 0.2) is 40.7 Å². The predicted molar refractivity (Wildman–Crippen MR) is 124 cm³/mol. The summed E-state index contributed by atoms with van der Waals surface area (Å²) >= 11 is 0. The van der Waals surface area contributed by atoms with E-state index in [1.807, 2.05) is 13.1 Å². The Morgan fingerprint density at radius 3 is 2.58 bits per heavy atom. The fourth-order valence-corrected chi connectivity index (χ4v) is 4.35. The first kappa shape index (κ1) is 23.3. The number of aryl methyl sites for hydroxylation is 2. The quantitative estimate of drug-likeness (QED) is 0.385. The van der Waals surface area contributed by atoms with Gasteiger partial charge in [0.2, 0.25) is 0 Å². The van der Waals surface area contributed by atoms with Gasteiger partial charge in [0.25, 0.3) is 0 Å². The topological polar surface area (TPSA) is 94.4 Å². The summed E-state index contributed by atoms with van der Waals surface area (Å²) in [5.74, 6) is -2.60. The number of hydrogen-bond donors (Lipinski definition) is 0. The first-order chi connectivity index (χ1) is 17.3. The van der Waals surface area contributed by atoms with E-state index in [0.717, 1.165) is 23.4 Å². The van der Waals surface area contributed by atoms with E-state index in [1.165, 1.54) is 0 Å². The third kappa shape index (κ3) is 3.90. The molecule has 3 aromatic heterocycles. The molecule has 0 bridgehead atoms. The Labute approximate surface area is 204 Å². The maximum absolute atomic E-state index is 14.0. The maximum Gasteiger partial charge on any atom is 0.194 e. The molecule has 0 aliphatic carbocycles. The lowest BCUT2D eigenvalue weighted by Gasteiger charge is -2.30. The standard InChI is InChI=1S/C25H20F3N7O/c1-15-12-34(14-31-15)23-20(36-2)8-16(11-30-23)4-5-21-32-24-25(13-29,6-3-7-35(24)33-21)17-9-18(26)22(28)19(27)10-17/h4-5,8-12,14H,3,6-7H2,1-2H3/b5-4+/t25-/m1/s1. The van der Waals surface area contributed by atoms with Crippen molar-refractivity contribution in [2.75, 3.05) is 7.11 Å². The number of aromatic nitrogens is 6. The second-order valence-electron chi connectivity index (χ2n) is 8.44. The van der Waals surface area contributed by atoms with Crippen LogP contribution in [-0.4, -0.2) is 36.4 Å². The number of rotatable bonds is 5. The Morgan fingerprint density at radius 1 is 1.14 bits per heavy atom. The van der Waals surface area contributed by atoms with Crippen molar-refractivity contribution >= 4 is 12.2 Å². The number of ether oxygens (including phenoxy) is 1. The molecule has 5 rings (SSSR count). The normalized spacial score (nSPS) is 17.2. The van der Waals surface area contributed by atoms with E-state index >= 15 is 0 Å². The molecule has 0 radical (unpaired) electrons. The van der Waals surface area contributed by atoms with Gasteiger partial charge in [-0.05, 0) is 61.2 Å². The molecule has 4 heterocycles. The number of methoxy groups -OCH3 is 1. The number of halogens is 3. The number of nitrogens with zero attached hydrogens (tertiary/aromatic N) is 7. The Kier molecular flexibility index (Phi) is 5.80. The minimum atomic E-state index is -1.58. The zero-order valence-electron chi connectivity index (χ0n) is 19.4. The SMILES string of the molecule is COc1cc(/C=C/c2nc3n(n2)CCC[C@@]3(C#N)c2cc(F)c(F)c(F)c2)cnc1-n1cnc(C)c1. The van der Waals surface area contributed by atoms with Crippen LogP contribution in [0, 0.1) is 35.7 Å². The Bertz CT molecular complexity index is 1510. The van der Waals surface area contributed by atoms with Crippen molar-refractivity contribution in [2.45, 2.75) is 31.7 Å². The molecule has 0 saturated carbocycles. The number of imidazole rings is 1. The third-order valence-corrected chi connectivity index (χ3v) is 6.11. The largest absolute Gasteiger partial charge is 0.493 e. The fourth-order valence-electron chi connectivity index (χ4n) is 4.35. The molecule has 4 aromatic rings. The van der Waals surface area contributed by atoms with Crippen LogP contribution in [0.1, 0.15) is 41.3 Å². The Hall–Kier alpha value is -4.46. The third-order valence-electron chi connectivity index (χ3n) is 6.11. The number of benzene rings is 1. The second-order valence-corrected chi connectivity index (χ2v) is 8.44. The summed E-state index contributed by atoms with van der Waals surface area (Å²) in [7, 11) is 1.55. The van der Waals surface area contributed by atoms with Crippen molar-refractivity contribution in [3.05, 3.63) is 82.8 Å². The molecule has 1 aliphatic rings. The van der Waals surface area contributed by atoms with Gasteiger partial charge >= 0.3 is 0 Å². The van der Waals surface area contributed by atoms with Crippen LogP contribution in [0.3, 0.4) is 0 Å². The van der Waals surface area contributed by atoms with Gasteiger partial charge in [0.05, 0.1) is 18.9 Å². The molecule has 182 valence electrons. The molecule has 0 fully saturated rings. The summed E-state index contributed by atoms with van der Waals surface area (Å²) in [6, 6.07) is 5.65. The molecule has 1 aromatic carbocycles. The molecular weight excluding hydrogens is 471 g/mol. The van der Waals surface area contributed by atoms with Gasteiger partial charge in [-0.1, -0.05) is 0 Å². The number of pyridine rings is 1. The van der Waals surface area contributed by atoms with E-state index in [-0.39, 0.29) is 17.8 Å². The molecule has 8 nitrogen and oxygen atoms in total. The van der Waals surface area contributed by atoms with Crippen LogP contribution in [0.2, 0.25) is 0 Å². The van der Waals surface area contributed by atoms with Crippen LogP contribution in [0.4, 0.5) is 13.2 Å². The van der Waals surface area contributed by atoms with Gasteiger partial charge in [-0.25, -0.2) is 32.8 Å². The lowest BCUT2D eigenvalue weighted by molar-refractivity contribution is 0.385. The van der Waals surface area contributed by atoms with Crippen molar-refractivity contribution in [3.63, 3.8) is 0 Å². The highest BCUT2D eigenvalue weighted by Gasteiger charge is 2.43. The lowest BCUT2D eigenvalue weighted by atomic mass is 9.75. The van der Waals surface area contributed by atoms with E-state index in [0.29, 0.717) is 30.4 Å². The Balaban J connectivity index is 1.49. The minimum absolute atomic E-state index is 0.00421. The van der Waals surface area contributed by atoms with Crippen LogP contribution in [0.25, 0.3) is 18.0 Å². The summed E-state index contributed by atoms with van der Waals surface area (Å²) in [4.78, 5) is 13.2. The lowest BCUT2D eigenvalue weighted by Crippen LogP contribution is -2.35. The van der Waals surface area contributed by atoms with Crippen molar-refractivity contribution in [3.8, 4) is 17.6 Å². The van der Waals surface area contributed by atoms with Gasteiger partial charge < -0.3 is 4.74 Å². The summed E-state index contributed by atoms with van der Waals surface area (Å²) in [5, 5.41) is 14.5. The minimum Gasteiger partial charge on any atom is -0.493 e. The molecule has 0 saturated heterocycles. The molecule has 1 atom stereocenters. The highest BCUT2D eigenvalue weighted by molar-refractivity contribution is 5.68.